The number of carbonyl (C=O) groups is 2. The lowest BCUT2D eigenvalue weighted by molar-refractivity contribution is -0.143. The van der Waals surface area contributed by atoms with Gasteiger partial charge in [0, 0.05) is 30.3 Å². The quantitative estimate of drug-likeness (QED) is 0.630. The van der Waals surface area contributed by atoms with Gasteiger partial charge in [-0.2, -0.15) is 0 Å². The van der Waals surface area contributed by atoms with E-state index in [9.17, 15) is 9.59 Å². The maximum absolute atomic E-state index is 13.1. The van der Waals surface area contributed by atoms with E-state index in [1.165, 1.54) is 0 Å². The van der Waals surface area contributed by atoms with Crippen LogP contribution in [0.1, 0.15) is 48.7 Å². The summed E-state index contributed by atoms with van der Waals surface area (Å²) in [6.45, 7) is 5.56. The molecule has 0 bridgehead atoms. The van der Waals surface area contributed by atoms with Crippen molar-refractivity contribution >= 4 is 11.8 Å². The molecule has 2 atom stereocenters. The van der Waals surface area contributed by atoms with Crippen LogP contribution in [0.15, 0.2) is 18.2 Å². The third-order valence-corrected chi connectivity index (χ3v) is 5.02. The molecule has 1 aromatic rings. The van der Waals surface area contributed by atoms with Crippen LogP contribution in [0.5, 0.6) is 5.75 Å². The summed E-state index contributed by atoms with van der Waals surface area (Å²) in [6, 6.07) is 4.78. The normalized spacial score (nSPS) is 24.0. The van der Waals surface area contributed by atoms with Crippen molar-refractivity contribution in [2.75, 3.05) is 19.8 Å². The van der Waals surface area contributed by atoms with Gasteiger partial charge in [-0.1, -0.05) is 6.07 Å². The van der Waals surface area contributed by atoms with Crippen molar-refractivity contribution in [2.45, 2.75) is 38.8 Å². The molecule has 2 aliphatic rings. The number of ether oxygens (including phenoxy) is 2. The Balaban J connectivity index is 1.89. The Morgan fingerprint density at radius 3 is 2.64 bits per heavy atom. The number of hydrogen-bond acceptors (Lipinski definition) is 5. The Labute approximate surface area is 146 Å². The molecule has 0 radical (unpaired) electrons. The van der Waals surface area contributed by atoms with Crippen LogP contribution < -0.4 is 10.2 Å². The maximum Gasteiger partial charge on any atom is 0.274 e. The standard InChI is InChI=1S/C18H24N2O5/c1-11-10-25-16-9-14(17(21)19-23)3-4-15(16)12(2)20(11)18(22)13-5-7-24-8-6-13/h3-4,9,11-13,23H,5-8,10H2,1-2H3,(H,19,21)/t11-,12?/m0/s1. The molecular weight excluding hydrogens is 324 g/mol. The van der Waals surface area contributed by atoms with Crippen LogP contribution in [0.25, 0.3) is 0 Å². The second-order valence-electron chi connectivity index (χ2n) is 6.66. The highest BCUT2D eigenvalue weighted by molar-refractivity contribution is 5.94. The summed E-state index contributed by atoms with van der Waals surface area (Å²) in [6.07, 6.45) is 1.50. The Bertz CT molecular complexity index is 657. The molecule has 0 aromatic heterocycles. The molecule has 3 rings (SSSR count). The van der Waals surface area contributed by atoms with Crippen LogP contribution in [0.3, 0.4) is 0 Å². The fraction of sp³-hybridized carbons (Fsp3) is 0.556. The average molecular weight is 348 g/mol. The molecule has 2 amide bonds. The van der Waals surface area contributed by atoms with E-state index in [2.05, 4.69) is 0 Å². The summed E-state index contributed by atoms with van der Waals surface area (Å²) in [4.78, 5) is 26.6. The van der Waals surface area contributed by atoms with E-state index in [1.54, 1.807) is 23.7 Å². The number of amides is 2. The second-order valence-corrected chi connectivity index (χ2v) is 6.66. The number of fused-ring (bicyclic) bond motifs is 1. The number of benzene rings is 1. The molecule has 7 heteroatoms. The lowest BCUT2D eigenvalue weighted by atomic mass is 9.95. The summed E-state index contributed by atoms with van der Waals surface area (Å²) < 4.78 is 11.2. The fourth-order valence-corrected chi connectivity index (χ4v) is 3.60. The second kappa shape index (κ2) is 7.41. The molecule has 1 unspecified atom stereocenters. The third kappa shape index (κ3) is 3.48. The molecule has 7 nitrogen and oxygen atoms in total. The number of rotatable bonds is 2. The van der Waals surface area contributed by atoms with E-state index >= 15 is 0 Å². The number of hydrogen-bond donors (Lipinski definition) is 2. The van der Waals surface area contributed by atoms with E-state index in [-0.39, 0.29) is 23.9 Å². The molecule has 136 valence electrons. The lowest BCUT2D eigenvalue weighted by Gasteiger charge is -2.36. The number of carbonyl (C=O) groups excluding carboxylic acids is 2. The predicted octanol–water partition coefficient (Wildman–Crippen LogP) is 1.90. The molecule has 0 aliphatic carbocycles. The van der Waals surface area contributed by atoms with Gasteiger partial charge < -0.3 is 14.4 Å². The minimum Gasteiger partial charge on any atom is -0.491 e. The average Bonchev–Trinajstić information content (AvgIpc) is 2.77. The van der Waals surface area contributed by atoms with Gasteiger partial charge in [-0.05, 0) is 38.8 Å². The van der Waals surface area contributed by atoms with Crippen molar-refractivity contribution in [1.82, 2.24) is 10.4 Å². The van der Waals surface area contributed by atoms with Crippen molar-refractivity contribution in [3.8, 4) is 5.75 Å². The van der Waals surface area contributed by atoms with Gasteiger partial charge in [-0.25, -0.2) is 5.48 Å². The molecule has 2 N–H and O–H groups in total. The van der Waals surface area contributed by atoms with E-state index in [4.69, 9.17) is 14.7 Å². The monoisotopic (exact) mass is 348 g/mol. The summed E-state index contributed by atoms with van der Waals surface area (Å²) >= 11 is 0. The molecule has 1 aromatic carbocycles. The molecular formula is C18H24N2O5. The van der Waals surface area contributed by atoms with E-state index < -0.39 is 5.91 Å². The van der Waals surface area contributed by atoms with Crippen LogP contribution >= 0.6 is 0 Å². The van der Waals surface area contributed by atoms with Gasteiger partial charge in [0.1, 0.15) is 12.4 Å². The number of hydroxylamine groups is 1. The van der Waals surface area contributed by atoms with E-state index in [0.717, 1.165) is 18.4 Å². The van der Waals surface area contributed by atoms with Gasteiger partial charge in [-0.15, -0.1) is 0 Å². The first-order valence-corrected chi connectivity index (χ1v) is 8.64. The SMILES string of the molecule is CC1c2ccc(C(=O)NO)cc2OC[C@H](C)N1C(=O)C1CCOCC1. The minimum absolute atomic E-state index is 0.0142. The largest absolute Gasteiger partial charge is 0.491 e. The first-order chi connectivity index (χ1) is 12.0. The summed E-state index contributed by atoms with van der Waals surface area (Å²) in [5.41, 5.74) is 2.79. The summed E-state index contributed by atoms with van der Waals surface area (Å²) in [5.74, 6) is 0.103. The van der Waals surface area contributed by atoms with Crippen LogP contribution in [-0.2, 0) is 9.53 Å². The van der Waals surface area contributed by atoms with E-state index in [0.29, 0.717) is 31.1 Å². The van der Waals surface area contributed by atoms with Crippen molar-refractivity contribution < 1.29 is 24.3 Å². The molecule has 2 heterocycles. The topological polar surface area (TPSA) is 88.1 Å². The lowest BCUT2D eigenvalue weighted by Crippen LogP contribution is -2.46. The van der Waals surface area contributed by atoms with E-state index in [1.807, 2.05) is 18.7 Å². The predicted molar refractivity (Wildman–Crippen MR) is 89.5 cm³/mol. The van der Waals surface area contributed by atoms with Crippen molar-refractivity contribution in [3.05, 3.63) is 29.3 Å². The summed E-state index contributed by atoms with van der Waals surface area (Å²) in [5, 5.41) is 8.80. The fourth-order valence-electron chi connectivity index (χ4n) is 3.60. The van der Waals surface area contributed by atoms with Gasteiger partial charge in [0.25, 0.3) is 5.91 Å². The van der Waals surface area contributed by atoms with Crippen molar-refractivity contribution in [3.63, 3.8) is 0 Å². The number of nitrogens with zero attached hydrogens (tertiary/aromatic N) is 1. The zero-order valence-corrected chi connectivity index (χ0v) is 14.5. The van der Waals surface area contributed by atoms with Gasteiger partial charge in [0.05, 0.1) is 12.1 Å². The van der Waals surface area contributed by atoms with Crippen LogP contribution in [0.2, 0.25) is 0 Å². The van der Waals surface area contributed by atoms with Gasteiger partial charge in [0.15, 0.2) is 0 Å². The zero-order valence-electron chi connectivity index (χ0n) is 14.5. The highest BCUT2D eigenvalue weighted by Gasteiger charge is 2.36. The van der Waals surface area contributed by atoms with Gasteiger partial charge in [0.2, 0.25) is 5.91 Å². The minimum atomic E-state index is -0.591. The highest BCUT2D eigenvalue weighted by Crippen LogP contribution is 2.36. The smallest absolute Gasteiger partial charge is 0.274 e. The molecule has 0 spiro atoms. The van der Waals surface area contributed by atoms with Crippen molar-refractivity contribution in [1.29, 1.82) is 0 Å². The molecule has 1 fully saturated rings. The van der Waals surface area contributed by atoms with Gasteiger partial charge >= 0.3 is 0 Å². The highest BCUT2D eigenvalue weighted by atomic mass is 16.5. The Kier molecular flexibility index (Phi) is 5.24. The van der Waals surface area contributed by atoms with Crippen LogP contribution in [0, 0.1) is 5.92 Å². The maximum atomic E-state index is 13.1. The first-order valence-electron chi connectivity index (χ1n) is 8.64. The molecule has 2 aliphatic heterocycles. The zero-order chi connectivity index (χ0) is 18.0. The Morgan fingerprint density at radius 2 is 1.96 bits per heavy atom. The molecule has 1 saturated heterocycles. The first kappa shape index (κ1) is 17.7. The molecule has 25 heavy (non-hydrogen) atoms. The van der Waals surface area contributed by atoms with Crippen molar-refractivity contribution in [2.24, 2.45) is 5.92 Å². The Hall–Kier alpha value is -2.12. The van der Waals surface area contributed by atoms with Gasteiger partial charge in [-0.3, -0.25) is 14.8 Å². The number of nitrogens with one attached hydrogen (secondary N) is 1. The summed E-state index contributed by atoms with van der Waals surface area (Å²) in [7, 11) is 0. The van der Waals surface area contributed by atoms with Crippen LogP contribution in [0.4, 0.5) is 0 Å². The molecule has 0 saturated carbocycles. The Morgan fingerprint density at radius 1 is 1.24 bits per heavy atom. The van der Waals surface area contributed by atoms with Crippen LogP contribution in [-0.4, -0.2) is 47.8 Å². The third-order valence-electron chi connectivity index (χ3n) is 5.02.